The monoisotopic (exact) mass is 276 g/mol. The van der Waals surface area contributed by atoms with Gasteiger partial charge in [0, 0.05) is 5.56 Å². The van der Waals surface area contributed by atoms with E-state index in [9.17, 15) is 0 Å². The molecule has 1 aromatic rings. The van der Waals surface area contributed by atoms with Gasteiger partial charge in [-0.2, -0.15) is 0 Å². The van der Waals surface area contributed by atoms with Crippen LogP contribution < -0.4 is 10.5 Å². The van der Waals surface area contributed by atoms with Gasteiger partial charge in [-0.25, -0.2) is 0 Å². The molecule has 0 spiro atoms. The molecule has 1 aromatic carbocycles. The summed E-state index contributed by atoms with van der Waals surface area (Å²) >= 11 is 1.91. The normalized spacial score (nSPS) is 9.50. The molecule has 0 aliphatic heterocycles. The van der Waals surface area contributed by atoms with E-state index in [1.165, 1.54) is 0 Å². The van der Waals surface area contributed by atoms with Crippen molar-refractivity contribution in [3.05, 3.63) is 23.8 Å². The van der Waals surface area contributed by atoms with E-state index in [0.29, 0.717) is 15.2 Å². The molecule has 0 amide bonds. The maximum atomic E-state index is 7.40. The van der Waals surface area contributed by atoms with Crippen molar-refractivity contribution in [2.75, 3.05) is 12.8 Å². The molecule has 0 saturated heterocycles. The first kappa shape index (κ1) is 9.31. The van der Waals surface area contributed by atoms with Crippen molar-refractivity contribution >= 4 is 32.0 Å². The number of nitrogen functional groups attached to an aromatic ring is 1. The summed E-state index contributed by atoms with van der Waals surface area (Å²) in [4.78, 5) is 0. The van der Waals surface area contributed by atoms with E-state index < -0.39 is 0 Å². The maximum Gasteiger partial charge on any atom is 0.142 e. The van der Waals surface area contributed by atoms with Crippen LogP contribution in [0.3, 0.4) is 0 Å². The Balaban J connectivity index is 3.23. The molecule has 0 heterocycles. The summed E-state index contributed by atoms with van der Waals surface area (Å²) in [6, 6.07) is 5.39. The second kappa shape index (κ2) is 3.75. The summed E-state index contributed by atoms with van der Waals surface area (Å²) in [5, 5.41) is 7.40. The lowest BCUT2D eigenvalue weighted by atomic mass is 10.2. The van der Waals surface area contributed by atoms with Crippen LogP contribution in [0.2, 0.25) is 0 Å². The van der Waals surface area contributed by atoms with Crippen molar-refractivity contribution in [1.82, 2.24) is 0 Å². The number of nitrogens with one attached hydrogen (secondary N) is 1. The van der Waals surface area contributed by atoms with Crippen molar-refractivity contribution in [3.63, 3.8) is 0 Å². The number of anilines is 1. The van der Waals surface area contributed by atoms with E-state index >= 15 is 0 Å². The molecule has 0 atom stereocenters. The van der Waals surface area contributed by atoms with Crippen LogP contribution in [0.1, 0.15) is 5.56 Å². The number of nitrogens with two attached hydrogens (primary N) is 1. The van der Waals surface area contributed by atoms with E-state index in [1.54, 1.807) is 19.2 Å². The molecule has 0 saturated carbocycles. The number of hydrogen-bond acceptors (Lipinski definition) is 3. The third-order valence-corrected chi connectivity index (χ3v) is 2.10. The average Bonchev–Trinajstić information content (AvgIpc) is 2.04. The summed E-state index contributed by atoms with van der Waals surface area (Å²) in [7, 11) is 1.56. The number of methoxy groups -OCH3 is 1. The lowest BCUT2D eigenvalue weighted by Gasteiger charge is -2.07. The quantitative estimate of drug-likeness (QED) is 0.493. The van der Waals surface area contributed by atoms with Gasteiger partial charge in [0.25, 0.3) is 0 Å². The zero-order valence-corrected chi connectivity index (χ0v) is 8.75. The summed E-state index contributed by atoms with van der Waals surface area (Å²) in [6.07, 6.45) is 0. The zero-order chi connectivity index (χ0) is 9.14. The van der Waals surface area contributed by atoms with Crippen LogP contribution in [0.4, 0.5) is 5.69 Å². The number of ether oxygens (including phenoxy) is 1. The third kappa shape index (κ3) is 1.69. The fourth-order valence-corrected chi connectivity index (χ4v) is 1.38. The molecule has 64 valence electrons. The molecule has 0 aromatic heterocycles. The molecule has 3 N–H and O–H groups in total. The Hall–Kier alpha value is -0.780. The SMILES string of the molecule is COc1cccc(C(=N)I)c1N. The molecule has 0 aliphatic rings. The second-order valence-corrected chi connectivity index (χ2v) is 3.31. The largest absolute Gasteiger partial charge is 0.495 e. The number of benzene rings is 1. The van der Waals surface area contributed by atoms with Crippen molar-refractivity contribution in [2.24, 2.45) is 0 Å². The summed E-state index contributed by atoms with van der Waals surface area (Å²) in [6.45, 7) is 0. The van der Waals surface area contributed by atoms with Gasteiger partial charge >= 0.3 is 0 Å². The minimum atomic E-state index is 0.420. The van der Waals surface area contributed by atoms with Crippen molar-refractivity contribution in [1.29, 1.82) is 5.41 Å². The molecule has 3 nitrogen and oxygen atoms in total. The van der Waals surface area contributed by atoms with Gasteiger partial charge < -0.3 is 10.5 Å². The van der Waals surface area contributed by atoms with Crippen molar-refractivity contribution in [2.45, 2.75) is 0 Å². The fourth-order valence-electron chi connectivity index (χ4n) is 0.913. The predicted molar refractivity (Wildman–Crippen MR) is 58.3 cm³/mol. The van der Waals surface area contributed by atoms with Gasteiger partial charge in [-0.15, -0.1) is 0 Å². The maximum absolute atomic E-state index is 7.40. The summed E-state index contributed by atoms with van der Waals surface area (Å²) < 4.78 is 5.43. The molecule has 1 rings (SSSR count). The van der Waals surface area contributed by atoms with E-state index in [0.717, 1.165) is 5.56 Å². The lowest BCUT2D eigenvalue weighted by molar-refractivity contribution is 0.417. The first-order chi connectivity index (χ1) is 5.66. The second-order valence-electron chi connectivity index (χ2n) is 2.24. The Labute approximate surface area is 84.6 Å². The van der Waals surface area contributed by atoms with E-state index in [1.807, 2.05) is 28.7 Å². The van der Waals surface area contributed by atoms with Gasteiger partial charge in [-0.1, -0.05) is 12.1 Å². The lowest BCUT2D eigenvalue weighted by Crippen LogP contribution is -1.99. The highest BCUT2D eigenvalue weighted by atomic mass is 127. The molecule has 0 bridgehead atoms. The highest BCUT2D eigenvalue weighted by Crippen LogP contribution is 2.26. The highest BCUT2D eigenvalue weighted by molar-refractivity contribution is 14.1. The van der Waals surface area contributed by atoms with Gasteiger partial charge in [-0.3, -0.25) is 5.41 Å². The van der Waals surface area contributed by atoms with Crippen molar-refractivity contribution < 1.29 is 4.74 Å². The molecular weight excluding hydrogens is 267 g/mol. The van der Waals surface area contributed by atoms with Gasteiger partial charge in [0.05, 0.1) is 12.8 Å². The highest BCUT2D eigenvalue weighted by Gasteiger charge is 2.06. The minimum Gasteiger partial charge on any atom is -0.495 e. The standard InChI is InChI=1S/C8H9IN2O/c1-12-6-4-2-3-5(7(6)10)8(9)11/h2-4,11H,10H2,1H3. The Bertz CT molecular complexity index is 312. The molecule has 12 heavy (non-hydrogen) atoms. The Kier molecular flexibility index (Phi) is 2.91. The van der Waals surface area contributed by atoms with E-state index in [2.05, 4.69) is 0 Å². The van der Waals surface area contributed by atoms with Gasteiger partial charge in [0.15, 0.2) is 0 Å². The summed E-state index contributed by atoms with van der Waals surface area (Å²) in [5.41, 5.74) is 6.97. The smallest absolute Gasteiger partial charge is 0.142 e. The zero-order valence-electron chi connectivity index (χ0n) is 6.60. The molecule has 0 aliphatic carbocycles. The number of para-hydroxylation sites is 1. The topological polar surface area (TPSA) is 59.1 Å². The van der Waals surface area contributed by atoms with Crippen LogP contribution >= 0.6 is 22.6 Å². The van der Waals surface area contributed by atoms with Gasteiger partial charge in [0.1, 0.15) is 9.47 Å². The van der Waals surface area contributed by atoms with Crippen LogP contribution in [0, 0.1) is 5.41 Å². The van der Waals surface area contributed by atoms with Crippen LogP contribution in [-0.2, 0) is 0 Å². The number of halogens is 1. The van der Waals surface area contributed by atoms with Crippen LogP contribution in [-0.4, -0.2) is 10.8 Å². The number of rotatable bonds is 2. The molecule has 4 heteroatoms. The molecule has 0 fully saturated rings. The Morgan fingerprint density at radius 1 is 1.58 bits per heavy atom. The molecule has 0 radical (unpaired) electrons. The van der Waals surface area contributed by atoms with Crippen LogP contribution in [0.5, 0.6) is 5.75 Å². The van der Waals surface area contributed by atoms with Gasteiger partial charge in [0.2, 0.25) is 0 Å². The molecular formula is C8H9IN2O. The van der Waals surface area contributed by atoms with Crippen LogP contribution in [0.15, 0.2) is 18.2 Å². The number of hydrogen-bond donors (Lipinski definition) is 2. The van der Waals surface area contributed by atoms with E-state index in [4.69, 9.17) is 15.9 Å². The van der Waals surface area contributed by atoms with Crippen molar-refractivity contribution in [3.8, 4) is 5.75 Å². The first-order valence-electron chi connectivity index (χ1n) is 3.33. The van der Waals surface area contributed by atoms with E-state index in [-0.39, 0.29) is 0 Å². The minimum absolute atomic E-state index is 0.420. The van der Waals surface area contributed by atoms with Gasteiger partial charge in [-0.05, 0) is 28.7 Å². The van der Waals surface area contributed by atoms with Crippen LogP contribution in [0.25, 0.3) is 0 Å². The fraction of sp³-hybridized carbons (Fsp3) is 0.125. The summed E-state index contributed by atoms with van der Waals surface area (Å²) in [5.74, 6) is 0.619. The Morgan fingerprint density at radius 2 is 2.25 bits per heavy atom. The average molecular weight is 276 g/mol. The predicted octanol–water partition coefficient (Wildman–Crippen LogP) is 2.04. The Morgan fingerprint density at radius 3 is 2.75 bits per heavy atom. The third-order valence-electron chi connectivity index (χ3n) is 1.52. The first-order valence-corrected chi connectivity index (χ1v) is 4.41. The molecule has 0 unspecified atom stereocenters.